The van der Waals surface area contributed by atoms with Crippen LogP contribution < -0.4 is 0 Å². The Morgan fingerprint density at radius 1 is 1.21 bits per heavy atom. The Labute approximate surface area is 86.8 Å². The van der Waals surface area contributed by atoms with Crippen LogP contribution in [0.2, 0.25) is 0 Å². The lowest BCUT2D eigenvalue weighted by atomic mass is 9.62. The Balaban J connectivity index is 1.88. The van der Waals surface area contributed by atoms with Crippen molar-refractivity contribution < 1.29 is 0 Å². The van der Waals surface area contributed by atoms with Crippen LogP contribution in [0.25, 0.3) is 0 Å². The van der Waals surface area contributed by atoms with Crippen molar-refractivity contribution in [3.8, 4) is 0 Å². The third-order valence-electron chi connectivity index (χ3n) is 6.10. The molecule has 0 saturated heterocycles. The summed E-state index contributed by atoms with van der Waals surface area (Å²) in [6.45, 7) is 5.11. The van der Waals surface area contributed by atoms with Crippen molar-refractivity contribution in [2.45, 2.75) is 39.5 Å². The Hall–Kier alpha value is -0.260. The molecule has 0 aliphatic heterocycles. The molecule has 0 aromatic heterocycles. The first-order chi connectivity index (χ1) is 6.62. The van der Waals surface area contributed by atoms with Gasteiger partial charge in [-0.05, 0) is 60.2 Å². The van der Waals surface area contributed by atoms with Crippen LogP contribution in [0.15, 0.2) is 12.2 Å². The molecule has 0 heterocycles. The number of allylic oxidation sites excluding steroid dienone is 2. The lowest BCUT2D eigenvalue weighted by molar-refractivity contribution is 0.0889. The fourth-order valence-corrected chi connectivity index (χ4v) is 5.98. The first-order valence-electron chi connectivity index (χ1n) is 6.32. The molecule has 14 heavy (non-hydrogen) atoms. The fraction of sp³-hybridized carbons (Fsp3) is 0.857. The van der Waals surface area contributed by atoms with Crippen LogP contribution in [-0.4, -0.2) is 0 Å². The maximum atomic E-state index is 2.58. The summed E-state index contributed by atoms with van der Waals surface area (Å²) in [5, 5.41) is 0. The molecule has 0 spiro atoms. The third kappa shape index (κ3) is 0.647. The summed E-state index contributed by atoms with van der Waals surface area (Å²) in [5.41, 5.74) is 1.32. The van der Waals surface area contributed by atoms with Gasteiger partial charge in [0, 0.05) is 0 Å². The number of fused-ring (bicyclic) bond motifs is 9. The van der Waals surface area contributed by atoms with Crippen molar-refractivity contribution in [2.24, 2.45) is 34.5 Å². The maximum absolute atomic E-state index is 2.58. The Morgan fingerprint density at radius 3 is 2.86 bits per heavy atom. The van der Waals surface area contributed by atoms with Gasteiger partial charge in [0.1, 0.15) is 0 Å². The summed E-state index contributed by atoms with van der Waals surface area (Å²) in [7, 11) is 0. The van der Waals surface area contributed by atoms with Gasteiger partial charge in [0.05, 0.1) is 0 Å². The second-order valence-corrected chi connectivity index (χ2v) is 6.94. The van der Waals surface area contributed by atoms with Crippen LogP contribution >= 0.6 is 0 Å². The van der Waals surface area contributed by atoms with Gasteiger partial charge in [0.2, 0.25) is 0 Å². The first kappa shape index (κ1) is 7.96. The van der Waals surface area contributed by atoms with Crippen molar-refractivity contribution in [1.29, 1.82) is 0 Å². The number of rotatable bonds is 0. The van der Waals surface area contributed by atoms with Crippen LogP contribution in [0.5, 0.6) is 0 Å². The van der Waals surface area contributed by atoms with E-state index in [0.29, 0.717) is 5.41 Å². The van der Waals surface area contributed by atoms with Gasteiger partial charge in [-0.15, -0.1) is 0 Å². The summed E-state index contributed by atoms with van der Waals surface area (Å²) in [5.74, 6) is 4.20. The van der Waals surface area contributed by atoms with Gasteiger partial charge in [-0.1, -0.05) is 26.0 Å². The van der Waals surface area contributed by atoms with Crippen LogP contribution in [0, 0.1) is 34.5 Å². The second kappa shape index (κ2) is 1.99. The van der Waals surface area contributed by atoms with Crippen molar-refractivity contribution in [2.75, 3.05) is 0 Å². The van der Waals surface area contributed by atoms with E-state index in [0.717, 1.165) is 29.1 Å². The lowest BCUT2D eigenvalue weighted by Crippen LogP contribution is -2.36. The highest BCUT2D eigenvalue weighted by atomic mass is 14.7. The SMILES string of the molecule is CC12C=CC(C1)C1C3CCC(C)(C3)C12. The zero-order chi connectivity index (χ0) is 9.55. The van der Waals surface area contributed by atoms with E-state index < -0.39 is 0 Å². The molecule has 0 nitrogen and oxygen atoms in total. The molecule has 6 atom stereocenters. The summed E-state index contributed by atoms with van der Waals surface area (Å²) < 4.78 is 0. The molecule has 0 aromatic rings. The molecule has 3 saturated carbocycles. The van der Waals surface area contributed by atoms with Gasteiger partial charge in [-0.25, -0.2) is 0 Å². The van der Waals surface area contributed by atoms with Crippen LogP contribution in [0.4, 0.5) is 0 Å². The average Bonchev–Trinajstić information content (AvgIpc) is 2.78. The predicted octanol–water partition coefficient (Wildman–Crippen LogP) is 3.63. The molecule has 0 amide bonds. The zero-order valence-electron chi connectivity index (χ0n) is 9.29. The van der Waals surface area contributed by atoms with E-state index in [1.807, 2.05) is 0 Å². The number of hydrogen-bond acceptors (Lipinski definition) is 0. The molecule has 76 valence electrons. The molecular weight excluding hydrogens is 168 g/mol. The largest absolute Gasteiger partial charge is 0.0845 e. The molecule has 3 fully saturated rings. The molecule has 6 unspecified atom stereocenters. The fourth-order valence-electron chi connectivity index (χ4n) is 5.98. The van der Waals surface area contributed by atoms with Crippen molar-refractivity contribution >= 4 is 0 Å². The van der Waals surface area contributed by atoms with E-state index in [9.17, 15) is 0 Å². The Kier molecular flexibility index (Phi) is 1.13. The van der Waals surface area contributed by atoms with Crippen LogP contribution in [0.3, 0.4) is 0 Å². The Morgan fingerprint density at radius 2 is 2.07 bits per heavy atom. The van der Waals surface area contributed by atoms with Crippen molar-refractivity contribution in [3.63, 3.8) is 0 Å². The molecule has 4 aliphatic rings. The lowest BCUT2D eigenvalue weighted by Gasteiger charge is -2.43. The molecule has 0 N–H and O–H groups in total. The molecule has 4 aliphatic carbocycles. The van der Waals surface area contributed by atoms with Crippen molar-refractivity contribution in [3.05, 3.63) is 12.2 Å². The summed E-state index contributed by atoms with van der Waals surface area (Å²) in [6.07, 6.45) is 11.2. The predicted molar refractivity (Wildman–Crippen MR) is 57.8 cm³/mol. The smallest absolute Gasteiger partial charge is 0.0104 e. The summed E-state index contributed by atoms with van der Waals surface area (Å²) in [4.78, 5) is 0. The van der Waals surface area contributed by atoms with E-state index in [2.05, 4.69) is 26.0 Å². The van der Waals surface area contributed by atoms with Gasteiger partial charge in [0.15, 0.2) is 0 Å². The molecular formula is C14H20. The minimum Gasteiger partial charge on any atom is -0.0845 e. The summed E-state index contributed by atoms with van der Waals surface area (Å²) in [6, 6.07) is 0. The monoisotopic (exact) mass is 188 g/mol. The van der Waals surface area contributed by atoms with Gasteiger partial charge >= 0.3 is 0 Å². The molecule has 0 heteroatoms. The molecule has 4 bridgehead atoms. The molecule has 0 radical (unpaired) electrons. The maximum Gasteiger partial charge on any atom is -0.0104 e. The minimum absolute atomic E-state index is 0.596. The molecule has 4 rings (SSSR count). The average molecular weight is 188 g/mol. The van der Waals surface area contributed by atoms with E-state index in [1.54, 1.807) is 6.42 Å². The van der Waals surface area contributed by atoms with Crippen LogP contribution in [-0.2, 0) is 0 Å². The van der Waals surface area contributed by atoms with Crippen LogP contribution in [0.1, 0.15) is 39.5 Å². The highest BCUT2D eigenvalue weighted by Gasteiger charge is 2.66. The molecule has 0 aromatic carbocycles. The van der Waals surface area contributed by atoms with Gasteiger partial charge < -0.3 is 0 Å². The third-order valence-corrected chi connectivity index (χ3v) is 6.10. The first-order valence-corrected chi connectivity index (χ1v) is 6.32. The number of hydrogen-bond donors (Lipinski definition) is 0. The highest BCUT2D eigenvalue weighted by molar-refractivity contribution is 5.27. The van der Waals surface area contributed by atoms with E-state index in [-0.39, 0.29) is 0 Å². The van der Waals surface area contributed by atoms with Crippen molar-refractivity contribution in [1.82, 2.24) is 0 Å². The normalized spacial score (nSPS) is 67.9. The van der Waals surface area contributed by atoms with Gasteiger partial charge in [-0.2, -0.15) is 0 Å². The second-order valence-electron chi connectivity index (χ2n) is 6.94. The van der Waals surface area contributed by atoms with E-state index in [4.69, 9.17) is 0 Å². The quantitative estimate of drug-likeness (QED) is 0.402. The van der Waals surface area contributed by atoms with E-state index >= 15 is 0 Å². The van der Waals surface area contributed by atoms with Gasteiger partial charge in [0.25, 0.3) is 0 Å². The minimum atomic E-state index is 0.596. The van der Waals surface area contributed by atoms with Gasteiger partial charge in [-0.3, -0.25) is 0 Å². The highest BCUT2D eigenvalue weighted by Crippen LogP contribution is 2.74. The Bertz CT molecular complexity index is 329. The standard InChI is InChI=1S/C14H20/c1-13-5-3-9(7-13)11-10-4-6-14(2,8-10)12(11)13/h3,5,9-12H,4,6-8H2,1-2H3. The topological polar surface area (TPSA) is 0 Å². The zero-order valence-corrected chi connectivity index (χ0v) is 9.29. The van der Waals surface area contributed by atoms with E-state index in [1.165, 1.54) is 19.3 Å². The summed E-state index contributed by atoms with van der Waals surface area (Å²) >= 11 is 0.